The van der Waals surface area contributed by atoms with Gasteiger partial charge in [0.05, 0.1) is 12.7 Å². The first kappa shape index (κ1) is 27.0. The van der Waals surface area contributed by atoms with Crippen LogP contribution >= 0.6 is 0 Å². The van der Waals surface area contributed by atoms with Crippen molar-refractivity contribution in [1.29, 1.82) is 0 Å². The van der Waals surface area contributed by atoms with Gasteiger partial charge in [0.25, 0.3) is 5.91 Å². The fourth-order valence-corrected chi connectivity index (χ4v) is 4.37. The SMILES string of the molecule is CCOc1ccccc1CN1CCCCCc2cc(C(=O)N(C)C)ccc2OC[C@@H](O)[C@@H](O)CC1. The molecule has 7 nitrogen and oxygen atoms in total. The number of para-hydroxylation sites is 1. The molecule has 0 radical (unpaired) electrons. The number of aryl methyl sites for hydroxylation is 1. The Morgan fingerprint density at radius 1 is 1.09 bits per heavy atom. The second kappa shape index (κ2) is 13.5. The van der Waals surface area contributed by atoms with E-state index in [0.29, 0.717) is 30.9 Å². The van der Waals surface area contributed by atoms with Crippen LogP contribution in [0.5, 0.6) is 11.5 Å². The molecule has 0 spiro atoms. The zero-order valence-electron chi connectivity index (χ0n) is 21.3. The molecule has 1 amide bonds. The Hall–Kier alpha value is -2.61. The minimum absolute atomic E-state index is 0.00230. The molecule has 3 rings (SSSR count). The van der Waals surface area contributed by atoms with Crippen LogP contribution in [0.2, 0.25) is 0 Å². The van der Waals surface area contributed by atoms with Gasteiger partial charge in [0.15, 0.2) is 0 Å². The molecule has 7 heteroatoms. The molecule has 1 aliphatic rings. The third-order valence-electron chi connectivity index (χ3n) is 6.40. The van der Waals surface area contributed by atoms with Crippen LogP contribution in [-0.2, 0) is 13.0 Å². The summed E-state index contributed by atoms with van der Waals surface area (Å²) in [5.41, 5.74) is 2.71. The normalized spacial score (nSPS) is 20.3. The smallest absolute Gasteiger partial charge is 0.253 e. The maximum absolute atomic E-state index is 12.4. The Morgan fingerprint density at radius 3 is 2.66 bits per heavy atom. The summed E-state index contributed by atoms with van der Waals surface area (Å²) in [6, 6.07) is 13.5. The van der Waals surface area contributed by atoms with Crippen LogP contribution in [0.25, 0.3) is 0 Å². The topological polar surface area (TPSA) is 82.5 Å². The number of nitrogens with zero attached hydrogens (tertiary/aromatic N) is 2. The molecule has 0 unspecified atom stereocenters. The number of hydrogen-bond acceptors (Lipinski definition) is 6. The van der Waals surface area contributed by atoms with Gasteiger partial charge < -0.3 is 24.6 Å². The maximum atomic E-state index is 12.4. The summed E-state index contributed by atoms with van der Waals surface area (Å²) in [6.07, 6.45) is 2.39. The summed E-state index contributed by atoms with van der Waals surface area (Å²) in [5.74, 6) is 1.51. The molecule has 1 aliphatic heterocycles. The van der Waals surface area contributed by atoms with E-state index in [4.69, 9.17) is 9.47 Å². The van der Waals surface area contributed by atoms with Crippen LogP contribution in [-0.4, -0.2) is 78.5 Å². The lowest BCUT2D eigenvalue weighted by molar-refractivity contribution is -0.0163. The van der Waals surface area contributed by atoms with Crippen molar-refractivity contribution in [1.82, 2.24) is 9.80 Å². The van der Waals surface area contributed by atoms with Crippen molar-refractivity contribution in [3.8, 4) is 11.5 Å². The van der Waals surface area contributed by atoms with E-state index in [1.807, 2.05) is 31.2 Å². The Bertz CT molecular complexity index is 949. The molecule has 2 N–H and O–H groups in total. The lowest BCUT2D eigenvalue weighted by Crippen LogP contribution is -2.36. The van der Waals surface area contributed by atoms with Gasteiger partial charge in [-0.1, -0.05) is 24.6 Å². The van der Waals surface area contributed by atoms with Crippen molar-refractivity contribution in [2.45, 2.75) is 57.8 Å². The number of fused-ring (bicyclic) bond motifs is 1. The average Bonchev–Trinajstić information content (AvgIpc) is 2.85. The molecular formula is C28H40N2O5. The standard InChI is InChI=1S/C28H40N2O5/c1-4-34-26-12-8-7-11-23(26)19-30-16-9-5-6-10-21-18-22(28(33)29(2)3)13-14-27(21)35-20-25(32)24(31)15-17-30/h7-8,11-14,18,24-25,31-32H,4-6,9-10,15-17,19-20H2,1-3H3/t24-,25+/m0/s1. The monoisotopic (exact) mass is 484 g/mol. The number of aliphatic hydroxyl groups excluding tert-OH is 2. The van der Waals surface area contributed by atoms with E-state index in [-0.39, 0.29) is 12.5 Å². The summed E-state index contributed by atoms with van der Waals surface area (Å²) in [5, 5.41) is 21.1. The highest BCUT2D eigenvalue weighted by atomic mass is 16.5. The molecule has 2 aromatic rings. The highest BCUT2D eigenvalue weighted by Gasteiger charge is 2.21. The second-order valence-corrected chi connectivity index (χ2v) is 9.38. The zero-order chi connectivity index (χ0) is 25.2. The fraction of sp³-hybridized carbons (Fsp3) is 0.536. The quantitative estimate of drug-likeness (QED) is 0.676. The predicted molar refractivity (Wildman–Crippen MR) is 137 cm³/mol. The van der Waals surface area contributed by atoms with Gasteiger partial charge in [0.1, 0.15) is 24.2 Å². The highest BCUT2D eigenvalue weighted by Crippen LogP contribution is 2.25. The first-order chi connectivity index (χ1) is 16.9. The second-order valence-electron chi connectivity index (χ2n) is 9.38. The van der Waals surface area contributed by atoms with Crippen molar-refractivity contribution in [3.63, 3.8) is 0 Å². The Balaban J connectivity index is 1.72. The van der Waals surface area contributed by atoms with Gasteiger partial charge in [-0.05, 0) is 69.0 Å². The molecule has 2 atom stereocenters. The Morgan fingerprint density at radius 2 is 1.89 bits per heavy atom. The van der Waals surface area contributed by atoms with E-state index in [2.05, 4.69) is 11.0 Å². The lowest BCUT2D eigenvalue weighted by atomic mass is 10.0. The van der Waals surface area contributed by atoms with Crippen molar-refractivity contribution in [3.05, 3.63) is 59.2 Å². The maximum Gasteiger partial charge on any atom is 0.253 e. The number of rotatable bonds is 5. The van der Waals surface area contributed by atoms with Gasteiger partial charge >= 0.3 is 0 Å². The average molecular weight is 485 g/mol. The van der Waals surface area contributed by atoms with Gasteiger partial charge in [0.2, 0.25) is 0 Å². The molecule has 0 fully saturated rings. The van der Waals surface area contributed by atoms with E-state index < -0.39 is 12.2 Å². The zero-order valence-corrected chi connectivity index (χ0v) is 21.3. The van der Waals surface area contributed by atoms with Crippen LogP contribution in [0.4, 0.5) is 0 Å². The number of benzene rings is 2. The molecule has 35 heavy (non-hydrogen) atoms. The van der Waals surface area contributed by atoms with E-state index in [0.717, 1.165) is 55.6 Å². The molecule has 1 heterocycles. The van der Waals surface area contributed by atoms with E-state index in [1.165, 1.54) is 0 Å². The van der Waals surface area contributed by atoms with Crippen LogP contribution in [0, 0.1) is 0 Å². The summed E-state index contributed by atoms with van der Waals surface area (Å²) < 4.78 is 11.7. The first-order valence-corrected chi connectivity index (χ1v) is 12.7. The van der Waals surface area contributed by atoms with Crippen molar-refractivity contribution >= 4 is 5.91 Å². The number of carbonyl (C=O) groups excluding carboxylic acids is 1. The number of carbonyl (C=O) groups is 1. The van der Waals surface area contributed by atoms with Gasteiger partial charge in [-0.15, -0.1) is 0 Å². The Kier molecular flexibility index (Phi) is 10.4. The fourth-order valence-electron chi connectivity index (χ4n) is 4.37. The van der Waals surface area contributed by atoms with Crippen molar-refractivity contribution < 1.29 is 24.5 Å². The van der Waals surface area contributed by atoms with Gasteiger partial charge in [-0.2, -0.15) is 0 Å². The van der Waals surface area contributed by atoms with E-state index in [1.54, 1.807) is 31.1 Å². The van der Waals surface area contributed by atoms with E-state index in [9.17, 15) is 15.0 Å². The number of hydrogen-bond donors (Lipinski definition) is 2. The largest absolute Gasteiger partial charge is 0.494 e. The Labute approximate surface area is 209 Å². The first-order valence-electron chi connectivity index (χ1n) is 12.7. The molecular weight excluding hydrogens is 444 g/mol. The third kappa shape index (κ3) is 7.95. The summed E-state index contributed by atoms with van der Waals surface area (Å²) in [7, 11) is 3.47. The minimum Gasteiger partial charge on any atom is -0.494 e. The van der Waals surface area contributed by atoms with Gasteiger partial charge in [-0.3, -0.25) is 9.69 Å². The molecule has 0 saturated heterocycles. The summed E-state index contributed by atoms with van der Waals surface area (Å²) in [6.45, 7) is 4.90. The third-order valence-corrected chi connectivity index (χ3v) is 6.40. The molecule has 0 aliphatic carbocycles. The van der Waals surface area contributed by atoms with Crippen LogP contribution < -0.4 is 9.47 Å². The van der Waals surface area contributed by atoms with Crippen LogP contribution in [0.15, 0.2) is 42.5 Å². The lowest BCUT2D eigenvalue weighted by Gasteiger charge is -2.27. The van der Waals surface area contributed by atoms with Crippen LogP contribution in [0.1, 0.15) is 54.1 Å². The van der Waals surface area contributed by atoms with Gasteiger partial charge in [-0.25, -0.2) is 0 Å². The molecule has 192 valence electrons. The number of aliphatic hydroxyl groups is 2. The van der Waals surface area contributed by atoms with Gasteiger partial charge in [0, 0.05) is 38.3 Å². The summed E-state index contributed by atoms with van der Waals surface area (Å²) in [4.78, 5) is 16.3. The summed E-state index contributed by atoms with van der Waals surface area (Å²) >= 11 is 0. The predicted octanol–water partition coefficient (Wildman–Crippen LogP) is 3.51. The molecule has 0 bridgehead atoms. The number of amides is 1. The van der Waals surface area contributed by atoms with Crippen molar-refractivity contribution in [2.75, 3.05) is 40.4 Å². The van der Waals surface area contributed by atoms with Crippen LogP contribution in [0.3, 0.4) is 0 Å². The van der Waals surface area contributed by atoms with Crippen molar-refractivity contribution in [2.24, 2.45) is 0 Å². The molecule has 0 saturated carbocycles. The molecule has 2 aromatic carbocycles. The number of ether oxygens (including phenoxy) is 2. The van der Waals surface area contributed by atoms with E-state index >= 15 is 0 Å². The highest BCUT2D eigenvalue weighted by molar-refractivity contribution is 5.94. The molecule has 0 aromatic heterocycles. The minimum atomic E-state index is -0.994.